The summed E-state index contributed by atoms with van der Waals surface area (Å²) in [6, 6.07) is 6.86. The number of nitrogens with zero attached hydrogens (tertiary/aromatic N) is 2. The summed E-state index contributed by atoms with van der Waals surface area (Å²) in [7, 11) is -3.71. The first-order chi connectivity index (χ1) is 13.3. The molecule has 146 valence electrons. The zero-order valence-corrected chi connectivity index (χ0v) is 15.7. The Morgan fingerprint density at radius 1 is 0.964 bits per heavy atom. The first-order valence-electron chi connectivity index (χ1n) is 8.82. The molecule has 2 aromatic rings. The number of hydrogen-bond donors (Lipinski definition) is 2. The lowest BCUT2D eigenvalue weighted by Crippen LogP contribution is -2.35. The number of pyridine rings is 1. The Morgan fingerprint density at radius 3 is 2.39 bits per heavy atom. The summed E-state index contributed by atoms with van der Waals surface area (Å²) in [5.74, 6) is -1.58. The molecule has 0 atom stereocenters. The van der Waals surface area contributed by atoms with Gasteiger partial charge in [-0.05, 0) is 31.0 Å². The van der Waals surface area contributed by atoms with Crippen LogP contribution in [0, 0.1) is 0 Å². The lowest BCUT2D eigenvalue weighted by Gasteiger charge is -2.26. The van der Waals surface area contributed by atoms with Crippen LogP contribution in [0.5, 0.6) is 0 Å². The molecule has 1 aromatic carbocycles. The molecule has 1 saturated heterocycles. The molecule has 2 aliphatic rings. The summed E-state index contributed by atoms with van der Waals surface area (Å²) in [5.41, 5.74) is 5.41. The van der Waals surface area contributed by atoms with E-state index in [1.807, 2.05) is 0 Å². The van der Waals surface area contributed by atoms with Crippen molar-refractivity contribution < 1.29 is 18.0 Å². The van der Waals surface area contributed by atoms with E-state index >= 15 is 0 Å². The molecule has 0 bridgehead atoms. The van der Waals surface area contributed by atoms with Crippen molar-refractivity contribution in [3.63, 3.8) is 0 Å². The van der Waals surface area contributed by atoms with Crippen LogP contribution in [0.3, 0.4) is 0 Å². The molecule has 28 heavy (non-hydrogen) atoms. The number of amides is 2. The minimum absolute atomic E-state index is 0.0410. The molecule has 9 nitrogen and oxygen atoms in total. The van der Waals surface area contributed by atoms with Crippen molar-refractivity contribution >= 4 is 27.7 Å². The highest BCUT2D eigenvalue weighted by atomic mass is 32.2. The van der Waals surface area contributed by atoms with Gasteiger partial charge in [0.1, 0.15) is 5.82 Å². The Bertz CT molecular complexity index is 1160. The number of hydrogen-bond acceptors (Lipinski definition) is 6. The van der Waals surface area contributed by atoms with Crippen molar-refractivity contribution in [2.75, 3.05) is 18.8 Å². The van der Waals surface area contributed by atoms with Gasteiger partial charge in [-0.15, -0.1) is 0 Å². The monoisotopic (exact) mass is 402 g/mol. The Labute approximate surface area is 160 Å². The molecule has 0 spiro atoms. The van der Waals surface area contributed by atoms with Gasteiger partial charge in [0.2, 0.25) is 10.0 Å². The fraction of sp³-hybridized carbons (Fsp3) is 0.278. The quantitative estimate of drug-likeness (QED) is 0.718. The molecule has 0 aliphatic carbocycles. The number of anilines is 1. The summed E-state index contributed by atoms with van der Waals surface area (Å²) in [6.07, 6.45) is 2.60. The maximum atomic E-state index is 12.9. The third kappa shape index (κ3) is 2.81. The van der Waals surface area contributed by atoms with Crippen LogP contribution in [0.15, 0.2) is 40.0 Å². The van der Waals surface area contributed by atoms with Crippen LogP contribution in [0.2, 0.25) is 0 Å². The average Bonchev–Trinajstić information content (AvgIpc) is 2.96. The predicted molar refractivity (Wildman–Crippen MR) is 101 cm³/mol. The molecule has 3 heterocycles. The standard InChI is InChI=1S/C18H18N4O5S/c19-16-15-13(17(24)20-18(15)25)10-14(23)22(16)11-5-4-6-12(9-11)28(26,27)21-7-2-1-3-8-21/h4-6,9-10H,1-3,7-8,19H2,(H,20,24,25). The van der Waals surface area contributed by atoms with Crippen LogP contribution in [0.25, 0.3) is 5.69 Å². The van der Waals surface area contributed by atoms with Gasteiger partial charge in [0.15, 0.2) is 0 Å². The topological polar surface area (TPSA) is 132 Å². The lowest BCUT2D eigenvalue weighted by atomic mass is 10.1. The van der Waals surface area contributed by atoms with Crippen LogP contribution in [-0.4, -0.2) is 42.2 Å². The van der Waals surface area contributed by atoms with Gasteiger partial charge in [-0.1, -0.05) is 12.5 Å². The highest BCUT2D eigenvalue weighted by molar-refractivity contribution is 7.89. The maximum absolute atomic E-state index is 12.9. The van der Waals surface area contributed by atoms with Crippen molar-refractivity contribution in [3.8, 4) is 5.69 Å². The first kappa shape index (κ1) is 18.4. The van der Waals surface area contributed by atoms with E-state index in [0.29, 0.717) is 13.1 Å². The van der Waals surface area contributed by atoms with Gasteiger partial charge in [0, 0.05) is 19.2 Å². The van der Waals surface area contributed by atoms with Gasteiger partial charge < -0.3 is 5.73 Å². The molecule has 2 amide bonds. The Balaban J connectivity index is 1.83. The van der Waals surface area contributed by atoms with Gasteiger partial charge in [0.05, 0.1) is 21.7 Å². The van der Waals surface area contributed by atoms with Crippen molar-refractivity contribution in [3.05, 3.63) is 51.8 Å². The van der Waals surface area contributed by atoms with Crippen molar-refractivity contribution in [2.24, 2.45) is 0 Å². The number of imide groups is 1. The summed E-state index contributed by atoms with van der Waals surface area (Å²) in [5, 5.41) is 2.09. The van der Waals surface area contributed by atoms with Gasteiger partial charge >= 0.3 is 0 Å². The number of nitrogens with two attached hydrogens (primary N) is 1. The van der Waals surface area contributed by atoms with Crippen LogP contribution in [0.4, 0.5) is 5.82 Å². The van der Waals surface area contributed by atoms with E-state index in [1.54, 1.807) is 0 Å². The van der Waals surface area contributed by atoms with Gasteiger partial charge in [-0.3, -0.25) is 24.3 Å². The van der Waals surface area contributed by atoms with E-state index in [1.165, 1.54) is 28.6 Å². The van der Waals surface area contributed by atoms with E-state index in [2.05, 4.69) is 5.32 Å². The number of carbonyl (C=O) groups excluding carboxylic acids is 2. The number of sulfonamides is 1. The van der Waals surface area contributed by atoms with Crippen LogP contribution < -0.4 is 16.6 Å². The van der Waals surface area contributed by atoms with E-state index in [9.17, 15) is 22.8 Å². The fourth-order valence-electron chi connectivity index (χ4n) is 3.58. The summed E-state index contributed by atoms with van der Waals surface area (Å²) in [4.78, 5) is 36.4. The number of aromatic nitrogens is 1. The molecule has 3 N–H and O–H groups in total. The SMILES string of the molecule is Nc1c2c(cc(=O)n1-c1cccc(S(=O)(=O)N3CCCCC3)c1)C(=O)NC2=O. The van der Waals surface area contributed by atoms with Crippen molar-refractivity contribution in [2.45, 2.75) is 24.2 Å². The fourth-order valence-corrected chi connectivity index (χ4v) is 5.14. The van der Waals surface area contributed by atoms with Gasteiger partial charge in [-0.2, -0.15) is 4.31 Å². The second kappa shape index (κ2) is 6.57. The third-order valence-electron chi connectivity index (χ3n) is 4.98. The summed E-state index contributed by atoms with van der Waals surface area (Å²) >= 11 is 0. The molecule has 0 saturated carbocycles. The Morgan fingerprint density at radius 2 is 1.68 bits per heavy atom. The van der Waals surface area contributed by atoms with E-state index in [-0.39, 0.29) is 27.5 Å². The molecule has 1 fully saturated rings. The maximum Gasteiger partial charge on any atom is 0.262 e. The number of benzene rings is 1. The molecule has 2 aliphatic heterocycles. The normalized spacial score (nSPS) is 17.4. The largest absolute Gasteiger partial charge is 0.384 e. The Kier molecular flexibility index (Phi) is 4.31. The van der Waals surface area contributed by atoms with E-state index in [0.717, 1.165) is 29.9 Å². The van der Waals surface area contributed by atoms with Crippen LogP contribution in [-0.2, 0) is 10.0 Å². The zero-order valence-electron chi connectivity index (χ0n) is 14.8. The molecule has 1 aromatic heterocycles. The van der Waals surface area contributed by atoms with Crippen LogP contribution >= 0.6 is 0 Å². The van der Waals surface area contributed by atoms with Crippen molar-refractivity contribution in [1.29, 1.82) is 0 Å². The number of nitrogens with one attached hydrogen (secondary N) is 1. The summed E-state index contributed by atoms with van der Waals surface area (Å²) in [6.45, 7) is 0.908. The molecule has 10 heteroatoms. The number of nitrogen functional groups attached to an aromatic ring is 1. The second-order valence-corrected chi connectivity index (χ2v) is 8.68. The van der Waals surface area contributed by atoms with E-state index < -0.39 is 27.4 Å². The van der Waals surface area contributed by atoms with E-state index in [4.69, 9.17) is 5.73 Å². The molecule has 0 unspecified atom stereocenters. The molecular formula is C18H18N4O5S. The predicted octanol–water partition coefficient (Wildman–Crippen LogP) is 0.478. The molecule has 0 radical (unpaired) electrons. The minimum atomic E-state index is -3.71. The highest BCUT2D eigenvalue weighted by Gasteiger charge is 2.32. The Hall–Kier alpha value is -2.98. The van der Waals surface area contributed by atoms with Crippen LogP contribution in [0.1, 0.15) is 40.0 Å². The van der Waals surface area contributed by atoms with Gasteiger partial charge in [-0.25, -0.2) is 8.42 Å². The average molecular weight is 402 g/mol. The van der Waals surface area contributed by atoms with Crippen molar-refractivity contribution in [1.82, 2.24) is 14.2 Å². The lowest BCUT2D eigenvalue weighted by molar-refractivity contribution is 0.0880. The minimum Gasteiger partial charge on any atom is -0.384 e. The number of piperidine rings is 1. The summed E-state index contributed by atoms with van der Waals surface area (Å²) < 4.78 is 28.3. The number of rotatable bonds is 3. The number of carbonyl (C=O) groups is 2. The zero-order chi connectivity index (χ0) is 20.1. The molecular weight excluding hydrogens is 384 g/mol. The second-order valence-electron chi connectivity index (χ2n) is 6.74. The smallest absolute Gasteiger partial charge is 0.262 e. The highest BCUT2D eigenvalue weighted by Crippen LogP contribution is 2.26. The first-order valence-corrected chi connectivity index (χ1v) is 10.3. The van der Waals surface area contributed by atoms with Gasteiger partial charge in [0.25, 0.3) is 17.4 Å². The molecule has 4 rings (SSSR count). The number of fused-ring (bicyclic) bond motifs is 1. The third-order valence-corrected chi connectivity index (χ3v) is 6.88.